The van der Waals surface area contributed by atoms with Crippen molar-refractivity contribution in [2.45, 2.75) is 6.18 Å². The van der Waals surface area contributed by atoms with Crippen molar-refractivity contribution in [2.24, 2.45) is 0 Å². The molecule has 1 radical (unpaired) electrons. The highest BCUT2D eigenvalue weighted by atomic mass is 32.1. The molecular formula is C17H11F3NS. The van der Waals surface area contributed by atoms with Crippen molar-refractivity contribution in [3.8, 4) is 22.3 Å². The summed E-state index contributed by atoms with van der Waals surface area (Å²) in [6.45, 7) is 4.05. The minimum Gasteiger partial charge on any atom is -0.265 e. The third-order valence-corrected chi connectivity index (χ3v) is 4.33. The quantitative estimate of drug-likeness (QED) is 0.592. The Morgan fingerprint density at radius 2 is 1.59 bits per heavy atom. The summed E-state index contributed by atoms with van der Waals surface area (Å²) >= 11 is 0.699. The Balaban J connectivity index is 2.08. The van der Waals surface area contributed by atoms with Crippen LogP contribution in [0, 0.1) is 6.92 Å². The molecule has 0 saturated heterocycles. The second-order valence-corrected chi connectivity index (χ2v) is 5.68. The first kappa shape index (κ1) is 14.8. The molecule has 2 aromatic heterocycles. The number of alkyl halides is 3. The van der Waals surface area contributed by atoms with Crippen LogP contribution >= 0.6 is 11.3 Å². The second kappa shape index (κ2) is 5.57. The Morgan fingerprint density at radius 3 is 2.18 bits per heavy atom. The average Bonchev–Trinajstić information content (AvgIpc) is 2.98. The summed E-state index contributed by atoms with van der Waals surface area (Å²) in [7, 11) is 0. The molecule has 111 valence electrons. The molecule has 0 aliphatic carbocycles. The molecular weight excluding hydrogens is 307 g/mol. The Hall–Kier alpha value is -2.14. The molecule has 1 aromatic carbocycles. The van der Waals surface area contributed by atoms with Crippen LogP contribution in [0.4, 0.5) is 13.2 Å². The van der Waals surface area contributed by atoms with Crippen molar-refractivity contribution < 1.29 is 13.2 Å². The van der Waals surface area contributed by atoms with Gasteiger partial charge in [0.25, 0.3) is 0 Å². The van der Waals surface area contributed by atoms with E-state index < -0.39 is 11.1 Å². The summed E-state index contributed by atoms with van der Waals surface area (Å²) < 4.78 is 38.2. The highest BCUT2D eigenvalue weighted by molar-refractivity contribution is 7.10. The van der Waals surface area contributed by atoms with Gasteiger partial charge < -0.3 is 0 Å². The molecule has 0 atom stereocenters. The van der Waals surface area contributed by atoms with E-state index in [9.17, 15) is 13.2 Å². The predicted molar refractivity (Wildman–Crippen MR) is 82.4 cm³/mol. The molecule has 3 aromatic rings. The number of nitrogens with zero attached hydrogens (tertiary/aromatic N) is 1. The average molecular weight is 318 g/mol. The lowest BCUT2D eigenvalue weighted by Crippen LogP contribution is -2.00. The maximum absolute atomic E-state index is 12.7. The van der Waals surface area contributed by atoms with Gasteiger partial charge in [0.05, 0.1) is 0 Å². The largest absolute Gasteiger partial charge is 0.425 e. The summed E-state index contributed by atoms with van der Waals surface area (Å²) in [4.78, 5) is 3.37. The monoisotopic (exact) mass is 318 g/mol. The van der Waals surface area contributed by atoms with Gasteiger partial charge in [-0.2, -0.15) is 13.2 Å². The molecule has 0 N–H and O–H groups in total. The maximum Gasteiger partial charge on any atom is 0.425 e. The molecule has 1 nitrogen and oxygen atoms in total. The van der Waals surface area contributed by atoms with E-state index >= 15 is 0 Å². The smallest absolute Gasteiger partial charge is 0.265 e. The van der Waals surface area contributed by atoms with E-state index in [1.807, 2.05) is 24.3 Å². The molecule has 5 heteroatoms. The number of halogens is 3. The van der Waals surface area contributed by atoms with E-state index in [0.717, 1.165) is 11.1 Å². The lowest BCUT2D eigenvalue weighted by Gasteiger charge is -2.10. The maximum atomic E-state index is 12.7. The second-order valence-electron chi connectivity index (χ2n) is 4.76. The van der Waals surface area contributed by atoms with E-state index in [-0.39, 0.29) is 0 Å². The highest BCUT2D eigenvalue weighted by Crippen LogP contribution is 2.39. The highest BCUT2D eigenvalue weighted by Gasteiger charge is 2.32. The standard InChI is InChI=1S/C17H11F3NS/c1-11-14(12-5-7-21-8-6-12)3-2-4-15(11)13-9-16(22-10-13)17(18,19)20/h2-10H,1H2. The minimum absolute atomic E-state index is 0.540. The number of aromatic nitrogens is 1. The first-order valence-corrected chi connectivity index (χ1v) is 7.36. The van der Waals surface area contributed by atoms with Crippen LogP contribution in [0.1, 0.15) is 10.4 Å². The third kappa shape index (κ3) is 2.76. The zero-order valence-corrected chi connectivity index (χ0v) is 12.2. The van der Waals surface area contributed by atoms with Crippen molar-refractivity contribution >= 4 is 11.3 Å². The van der Waals surface area contributed by atoms with Gasteiger partial charge in [0.2, 0.25) is 0 Å². The summed E-state index contributed by atoms with van der Waals surface area (Å²) in [5.74, 6) is 0. The van der Waals surface area contributed by atoms with Gasteiger partial charge >= 0.3 is 6.18 Å². The first-order valence-electron chi connectivity index (χ1n) is 6.48. The number of hydrogen-bond donors (Lipinski definition) is 0. The molecule has 0 saturated carbocycles. The lowest BCUT2D eigenvalue weighted by molar-refractivity contribution is -0.134. The van der Waals surface area contributed by atoms with Crippen LogP contribution in [0.25, 0.3) is 22.3 Å². The zero-order valence-electron chi connectivity index (χ0n) is 11.4. The van der Waals surface area contributed by atoms with E-state index in [1.54, 1.807) is 18.5 Å². The Labute approximate surface area is 130 Å². The van der Waals surface area contributed by atoms with Gasteiger partial charge in [0, 0.05) is 12.4 Å². The van der Waals surface area contributed by atoms with Crippen molar-refractivity contribution in [2.75, 3.05) is 0 Å². The van der Waals surface area contributed by atoms with Crippen LogP contribution in [-0.4, -0.2) is 4.98 Å². The van der Waals surface area contributed by atoms with Crippen molar-refractivity contribution in [1.29, 1.82) is 0 Å². The van der Waals surface area contributed by atoms with Gasteiger partial charge in [-0.15, -0.1) is 11.3 Å². The molecule has 0 bridgehead atoms. The zero-order chi connectivity index (χ0) is 15.7. The van der Waals surface area contributed by atoms with Gasteiger partial charge in [0.15, 0.2) is 0 Å². The Morgan fingerprint density at radius 1 is 0.955 bits per heavy atom. The van der Waals surface area contributed by atoms with Gasteiger partial charge in [-0.1, -0.05) is 18.2 Å². The van der Waals surface area contributed by atoms with Crippen LogP contribution < -0.4 is 0 Å². The number of thiophene rings is 1. The summed E-state index contributed by atoms with van der Waals surface area (Å²) in [5, 5.41) is 1.52. The lowest BCUT2D eigenvalue weighted by atomic mass is 9.94. The van der Waals surface area contributed by atoms with E-state index in [0.29, 0.717) is 28.0 Å². The van der Waals surface area contributed by atoms with Crippen LogP contribution in [0.2, 0.25) is 0 Å². The molecule has 0 spiro atoms. The molecule has 0 fully saturated rings. The SMILES string of the molecule is [CH2]c1c(-c2ccncc2)cccc1-c1csc(C(F)(F)F)c1. The molecule has 22 heavy (non-hydrogen) atoms. The predicted octanol–water partition coefficient (Wildman–Crippen LogP) is 5.68. The number of benzene rings is 1. The molecule has 0 unspecified atom stereocenters. The molecule has 0 aliphatic heterocycles. The van der Waals surface area contributed by atoms with Crippen LogP contribution in [0.5, 0.6) is 0 Å². The number of rotatable bonds is 2. The molecule has 2 heterocycles. The topological polar surface area (TPSA) is 12.9 Å². The summed E-state index contributed by atoms with van der Waals surface area (Å²) in [6, 6.07) is 10.4. The van der Waals surface area contributed by atoms with E-state index in [1.165, 1.54) is 11.4 Å². The third-order valence-electron chi connectivity index (χ3n) is 3.36. The number of hydrogen-bond acceptors (Lipinski definition) is 2. The molecule has 3 rings (SSSR count). The van der Waals surface area contributed by atoms with E-state index in [4.69, 9.17) is 0 Å². The van der Waals surface area contributed by atoms with Crippen molar-refractivity contribution in [3.63, 3.8) is 0 Å². The molecule has 0 aliphatic rings. The van der Waals surface area contributed by atoms with Crippen LogP contribution in [0.3, 0.4) is 0 Å². The van der Waals surface area contributed by atoms with Crippen LogP contribution in [-0.2, 0) is 6.18 Å². The fourth-order valence-corrected chi connectivity index (χ4v) is 3.06. The fourth-order valence-electron chi connectivity index (χ4n) is 2.29. The summed E-state index contributed by atoms with van der Waals surface area (Å²) in [6.07, 6.45) is -0.964. The number of pyridine rings is 1. The Bertz CT molecular complexity index is 791. The fraction of sp³-hybridized carbons (Fsp3) is 0.0588. The minimum atomic E-state index is -4.31. The molecule has 0 amide bonds. The van der Waals surface area contributed by atoms with Gasteiger partial charge in [-0.3, -0.25) is 4.98 Å². The Kier molecular flexibility index (Phi) is 3.74. The van der Waals surface area contributed by atoms with Crippen molar-refractivity contribution in [3.05, 3.63) is 71.5 Å². The van der Waals surface area contributed by atoms with Crippen molar-refractivity contribution in [1.82, 2.24) is 4.98 Å². The van der Waals surface area contributed by atoms with E-state index in [2.05, 4.69) is 11.9 Å². The summed E-state index contributed by atoms with van der Waals surface area (Å²) in [5.41, 5.74) is 3.78. The van der Waals surface area contributed by atoms with Gasteiger partial charge in [0.1, 0.15) is 4.88 Å². The normalized spacial score (nSPS) is 11.6. The first-order chi connectivity index (χ1) is 10.5. The van der Waals surface area contributed by atoms with Gasteiger partial charge in [-0.25, -0.2) is 0 Å². The van der Waals surface area contributed by atoms with Crippen LogP contribution in [0.15, 0.2) is 54.2 Å². The van der Waals surface area contributed by atoms with Gasteiger partial charge in [-0.05, 0) is 58.3 Å².